The van der Waals surface area contributed by atoms with Crippen LogP contribution in [-0.4, -0.2) is 43.0 Å². The van der Waals surface area contributed by atoms with E-state index in [-0.39, 0.29) is 17.8 Å². The van der Waals surface area contributed by atoms with Crippen LogP contribution in [0.25, 0.3) is 16.2 Å². The summed E-state index contributed by atoms with van der Waals surface area (Å²) < 4.78 is 14.8. The van der Waals surface area contributed by atoms with E-state index in [1.165, 1.54) is 23.5 Å². The number of fused-ring (bicyclic) bond motifs is 1. The van der Waals surface area contributed by atoms with Crippen LogP contribution >= 0.6 is 11.3 Å². The van der Waals surface area contributed by atoms with Crippen molar-refractivity contribution < 1.29 is 9.18 Å². The van der Waals surface area contributed by atoms with Crippen molar-refractivity contribution in [2.75, 3.05) is 11.9 Å². The van der Waals surface area contributed by atoms with Crippen LogP contribution in [0.3, 0.4) is 0 Å². The third kappa shape index (κ3) is 3.56. The minimum absolute atomic E-state index is 0.0261. The predicted octanol–water partition coefficient (Wildman–Crippen LogP) is 3.20. The molecule has 1 saturated heterocycles. The number of likely N-dealkylation sites (tertiary alicyclic amines) is 1. The summed E-state index contributed by atoms with van der Waals surface area (Å²) in [6.45, 7) is 1.13. The first-order valence-corrected chi connectivity index (χ1v) is 10.0. The second-order valence-corrected chi connectivity index (χ2v) is 7.83. The van der Waals surface area contributed by atoms with Gasteiger partial charge in [-0.15, -0.1) is 5.10 Å². The molecule has 4 aromatic rings. The lowest BCUT2D eigenvalue weighted by atomic mass is 10.2. The zero-order valence-corrected chi connectivity index (χ0v) is 16.1. The SMILES string of the molecule is O=C1C(Nc2nn3cc(-c4cccnc4)nc3s2)CCN1Cc1ccc(F)cc1. The lowest BCUT2D eigenvalue weighted by molar-refractivity contribution is -0.128. The number of nitrogens with zero attached hydrogens (tertiary/aromatic N) is 5. The molecule has 4 heterocycles. The summed E-state index contributed by atoms with van der Waals surface area (Å²) in [6.07, 6.45) is 6.03. The molecule has 5 rings (SSSR count). The van der Waals surface area contributed by atoms with Gasteiger partial charge in [-0.25, -0.2) is 13.9 Å². The molecule has 1 amide bonds. The first-order chi connectivity index (χ1) is 14.2. The Morgan fingerprint density at radius 3 is 2.86 bits per heavy atom. The number of pyridine rings is 1. The standard InChI is InChI=1S/C20H17FN6OS/c21-15-5-3-13(4-6-15)11-26-9-7-16(18(26)28)23-19-25-27-12-17(24-20(27)29-19)14-2-1-8-22-10-14/h1-6,8,10,12,16H,7,9,11H2,(H,23,25). The summed E-state index contributed by atoms with van der Waals surface area (Å²) in [5.74, 6) is -0.250. The second-order valence-electron chi connectivity index (χ2n) is 6.87. The molecule has 1 N–H and O–H groups in total. The zero-order chi connectivity index (χ0) is 19.8. The zero-order valence-electron chi connectivity index (χ0n) is 15.3. The van der Waals surface area contributed by atoms with Gasteiger partial charge in [0.15, 0.2) is 0 Å². The fraction of sp³-hybridized carbons (Fsp3) is 0.200. The minimum Gasteiger partial charge on any atom is -0.348 e. The van der Waals surface area contributed by atoms with Gasteiger partial charge in [-0.05, 0) is 36.2 Å². The van der Waals surface area contributed by atoms with Crippen LogP contribution in [0.15, 0.2) is 55.0 Å². The first kappa shape index (κ1) is 17.7. The largest absolute Gasteiger partial charge is 0.348 e. The quantitative estimate of drug-likeness (QED) is 0.549. The molecule has 1 aromatic carbocycles. The topological polar surface area (TPSA) is 75.4 Å². The Morgan fingerprint density at radius 2 is 2.10 bits per heavy atom. The van der Waals surface area contributed by atoms with Gasteiger partial charge in [0, 0.05) is 31.0 Å². The Labute approximate surface area is 169 Å². The van der Waals surface area contributed by atoms with Gasteiger partial charge >= 0.3 is 0 Å². The summed E-state index contributed by atoms with van der Waals surface area (Å²) >= 11 is 1.41. The summed E-state index contributed by atoms with van der Waals surface area (Å²) in [6, 6.07) is 9.74. The molecule has 7 nitrogen and oxygen atoms in total. The van der Waals surface area contributed by atoms with Crippen molar-refractivity contribution >= 4 is 27.3 Å². The van der Waals surface area contributed by atoms with E-state index in [1.54, 1.807) is 33.9 Å². The Bertz CT molecular complexity index is 1130. The van der Waals surface area contributed by atoms with E-state index in [4.69, 9.17) is 0 Å². The Balaban J connectivity index is 1.26. The third-order valence-electron chi connectivity index (χ3n) is 4.88. The third-order valence-corrected chi connectivity index (χ3v) is 5.74. The van der Waals surface area contributed by atoms with Crippen LogP contribution in [0.4, 0.5) is 9.52 Å². The molecule has 0 saturated carbocycles. The molecule has 1 aliphatic rings. The van der Waals surface area contributed by atoms with Crippen LogP contribution in [0, 0.1) is 5.82 Å². The van der Waals surface area contributed by atoms with Crippen LogP contribution in [0.2, 0.25) is 0 Å². The maximum Gasteiger partial charge on any atom is 0.245 e. The molecule has 0 spiro atoms. The number of nitrogens with one attached hydrogen (secondary N) is 1. The number of imidazole rings is 1. The lowest BCUT2D eigenvalue weighted by Gasteiger charge is -2.17. The maximum absolute atomic E-state index is 13.1. The van der Waals surface area contributed by atoms with Gasteiger partial charge in [0.05, 0.1) is 11.9 Å². The number of rotatable bonds is 5. The molecule has 29 heavy (non-hydrogen) atoms. The fourth-order valence-corrected chi connectivity index (χ4v) is 4.23. The van der Waals surface area contributed by atoms with E-state index in [1.807, 2.05) is 18.3 Å². The molecule has 1 unspecified atom stereocenters. The number of aromatic nitrogens is 4. The highest BCUT2D eigenvalue weighted by atomic mass is 32.1. The Morgan fingerprint density at radius 1 is 1.24 bits per heavy atom. The van der Waals surface area contributed by atoms with Crippen LogP contribution < -0.4 is 5.32 Å². The average Bonchev–Trinajstić information content (AvgIpc) is 3.40. The van der Waals surface area contributed by atoms with E-state index < -0.39 is 0 Å². The minimum atomic E-state index is -0.316. The number of hydrogen-bond acceptors (Lipinski definition) is 6. The van der Waals surface area contributed by atoms with E-state index in [2.05, 4.69) is 20.4 Å². The summed E-state index contributed by atoms with van der Waals surface area (Å²) in [7, 11) is 0. The van der Waals surface area contributed by atoms with Gasteiger partial charge in [0.2, 0.25) is 16.0 Å². The summed E-state index contributed by atoms with van der Waals surface area (Å²) in [4.78, 5) is 23.9. The molecular formula is C20H17FN6OS. The van der Waals surface area contributed by atoms with Gasteiger partial charge in [-0.1, -0.05) is 23.5 Å². The predicted molar refractivity (Wildman–Crippen MR) is 108 cm³/mol. The van der Waals surface area contributed by atoms with Crippen LogP contribution in [0.5, 0.6) is 0 Å². The van der Waals surface area contributed by atoms with Gasteiger partial charge in [-0.2, -0.15) is 0 Å². The monoisotopic (exact) mass is 408 g/mol. The molecule has 9 heteroatoms. The van der Waals surface area contributed by atoms with Gasteiger partial charge < -0.3 is 10.2 Å². The van der Waals surface area contributed by atoms with Crippen molar-refractivity contribution in [2.24, 2.45) is 0 Å². The molecule has 1 atom stereocenters. The van der Waals surface area contributed by atoms with Gasteiger partial charge in [-0.3, -0.25) is 9.78 Å². The van der Waals surface area contributed by atoms with Crippen molar-refractivity contribution in [1.82, 2.24) is 24.5 Å². The molecule has 0 bridgehead atoms. The number of carbonyl (C=O) groups is 1. The first-order valence-electron chi connectivity index (χ1n) is 9.22. The molecule has 1 fully saturated rings. The number of amides is 1. The number of carbonyl (C=O) groups excluding carboxylic acids is 1. The van der Waals surface area contributed by atoms with Crippen molar-refractivity contribution in [2.45, 2.75) is 19.0 Å². The average molecular weight is 408 g/mol. The Hall–Kier alpha value is -3.33. The molecule has 0 radical (unpaired) electrons. The smallest absolute Gasteiger partial charge is 0.245 e. The molecule has 1 aliphatic heterocycles. The summed E-state index contributed by atoms with van der Waals surface area (Å²) in [5.41, 5.74) is 2.66. The van der Waals surface area contributed by atoms with E-state index in [9.17, 15) is 9.18 Å². The normalized spacial score (nSPS) is 16.7. The summed E-state index contributed by atoms with van der Waals surface area (Å²) in [5, 5.41) is 8.40. The van der Waals surface area contributed by atoms with Crippen molar-refractivity contribution in [3.05, 3.63) is 66.4 Å². The van der Waals surface area contributed by atoms with Gasteiger partial charge in [0.25, 0.3) is 0 Å². The highest BCUT2D eigenvalue weighted by Crippen LogP contribution is 2.26. The molecule has 0 aliphatic carbocycles. The highest BCUT2D eigenvalue weighted by molar-refractivity contribution is 7.20. The number of anilines is 1. The molecule has 146 valence electrons. The molecular weight excluding hydrogens is 391 g/mol. The van der Waals surface area contributed by atoms with E-state index in [0.29, 0.717) is 24.6 Å². The lowest BCUT2D eigenvalue weighted by Crippen LogP contribution is -2.33. The van der Waals surface area contributed by atoms with Crippen molar-refractivity contribution in [1.29, 1.82) is 0 Å². The van der Waals surface area contributed by atoms with Crippen LogP contribution in [-0.2, 0) is 11.3 Å². The Kier molecular flexibility index (Phi) is 4.44. The number of halogens is 1. The van der Waals surface area contributed by atoms with Crippen molar-refractivity contribution in [3.63, 3.8) is 0 Å². The maximum atomic E-state index is 13.1. The highest BCUT2D eigenvalue weighted by Gasteiger charge is 2.32. The number of hydrogen-bond donors (Lipinski definition) is 1. The fourth-order valence-electron chi connectivity index (χ4n) is 3.40. The van der Waals surface area contributed by atoms with E-state index >= 15 is 0 Å². The van der Waals surface area contributed by atoms with Crippen molar-refractivity contribution in [3.8, 4) is 11.3 Å². The van der Waals surface area contributed by atoms with E-state index in [0.717, 1.165) is 21.8 Å². The van der Waals surface area contributed by atoms with Gasteiger partial charge in [0.1, 0.15) is 11.9 Å². The number of benzene rings is 1. The second kappa shape index (κ2) is 7.25. The van der Waals surface area contributed by atoms with Crippen LogP contribution in [0.1, 0.15) is 12.0 Å². The molecule has 3 aromatic heterocycles.